The van der Waals surface area contributed by atoms with E-state index < -0.39 is 6.04 Å². The fraction of sp³-hybridized carbons (Fsp3) is 0.192. The van der Waals surface area contributed by atoms with Gasteiger partial charge in [0.15, 0.2) is 0 Å². The quantitative estimate of drug-likeness (QED) is 0.249. The maximum Gasteiger partial charge on any atom is 0.262 e. The van der Waals surface area contributed by atoms with Crippen LogP contribution < -0.4 is 15.5 Å². The Labute approximate surface area is 216 Å². The number of benzene rings is 3. The van der Waals surface area contributed by atoms with E-state index in [1.165, 1.54) is 6.21 Å². The summed E-state index contributed by atoms with van der Waals surface area (Å²) in [4.78, 5) is 25.1. The summed E-state index contributed by atoms with van der Waals surface area (Å²) in [5.41, 5.74) is 4.85. The summed E-state index contributed by atoms with van der Waals surface area (Å²) in [6, 6.07) is 21.5. The van der Waals surface area contributed by atoms with Crippen molar-refractivity contribution in [1.29, 1.82) is 0 Å². The first-order valence-electron chi connectivity index (χ1n) is 10.7. The maximum absolute atomic E-state index is 12.6. The Morgan fingerprint density at radius 3 is 2.35 bits per heavy atom. The topological polar surface area (TPSA) is 79.8 Å². The molecule has 0 fully saturated rings. The number of rotatable bonds is 9. The van der Waals surface area contributed by atoms with E-state index in [1.807, 2.05) is 62.4 Å². The second-order valence-corrected chi connectivity index (χ2v) is 9.67. The average molecular weight is 587 g/mol. The van der Waals surface area contributed by atoms with Gasteiger partial charge in [-0.1, -0.05) is 60.1 Å². The van der Waals surface area contributed by atoms with Gasteiger partial charge in [0, 0.05) is 10.0 Å². The van der Waals surface area contributed by atoms with Crippen molar-refractivity contribution in [1.82, 2.24) is 10.7 Å². The number of hydrogen-bond acceptors (Lipinski definition) is 4. The van der Waals surface area contributed by atoms with Gasteiger partial charge in [0.05, 0.1) is 10.7 Å². The van der Waals surface area contributed by atoms with Gasteiger partial charge in [-0.2, -0.15) is 5.10 Å². The first kappa shape index (κ1) is 25.6. The number of carbonyl (C=O) groups excluding carboxylic acids is 2. The highest BCUT2D eigenvalue weighted by atomic mass is 79.9. The molecule has 0 aliphatic rings. The molecule has 0 bridgehead atoms. The monoisotopic (exact) mass is 585 g/mol. The highest BCUT2D eigenvalue weighted by Gasteiger charge is 2.24. The van der Waals surface area contributed by atoms with E-state index >= 15 is 0 Å². The van der Waals surface area contributed by atoms with E-state index in [9.17, 15) is 9.59 Å². The van der Waals surface area contributed by atoms with Crippen LogP contribution in [-0.2, 0) is 11.4 Å². The predicted molar refractivity (Wildman–Crippen MR) is 141 cm³/mol. The van der Waals surface area contributed by atoms with Gasteiger partial charge < -0.3 is 10.1 Å². The summed E-state index contributed by atoms with van der Waals surface area (Å²) in [7, 11) is 0. The molecule has 176 valence electrons. The van der Waals surface area contributed by atoms with Crippen LogP contribution in [-0.4, -0.2) is 24.1 Å². The van der Waals surface area contributed by atoms with E-state index in [-0.39, 0.29) is 17.7 Å². The molecule has 3 rings (SSSR count). The minimum absolute atomic E-state index is 0.112. The zero-order valence-corrected chi connectivity index (χ0v) is 22.0. The lowest BCUT2D eigenvalue weighted by Gasteiger charge is -2.20. The molecule has 0 radical (unpaired) electrons. The minimum Gasteiger partial charge on any atom is -0.488 e. The normalized spacial score (nSPS) is 11.9. The van der Waals surface area contributed by atoms with Crippen LogP contribution in [0.2, 0.25) is 0 Å². The Balaban J connectivity index is 1.56. The van der Waals surface area contributed by atoms with Gasteiger partial charge >= 0.3 is 0 Å². The number of carbonyl (C=O) groups is 2. The lowest BCUT2D eigenvalue weighted by molar-refractivity contribution is -0.123. The van der Waals surface area contributed by atoms with Crippen molar-refractivity contribution in [2.75, 3.05) is 0 Å². The molecule has 2 N–H and O–H groups in total. The molecular weight excluding hydrogens is 562 g/mol. The number of hydrogen-bond donors (Lipinski definition) is 2. The van der Waals surface area contributed by atoms with Gasteiger partial charge in [0.25, 0.3) is 11.8 Å². The van der Waals surface area contributed by atoms with Gasteiger partial charge in [-0.25, -0.2) is 5.43 Å². The zero-order chi connectivity index (χ0) is 24.5. The number of halogens is 2. The number of ether oxygens (including phenoxy) is 1. The van der Waals surface area contributed by atoms with Gasteiger partial charge in [0.1, 0.15) is 18.4 Å². The molecule has 0 aliphatic heterocycles. The van der Waals surface area contributed by atoms with Crippen LogP contribution in [0.4, 0.5) is 0 Å². The van der Waals surface area contributed by atoms with Crippen molar-refractivity contribution in [3.8, 4) is 5.75 Å². The summed E-state index contributed by atoms with van der Waals surface area (Å²) >= 11 is 6.94. The van der Waals surface area contributed by atoms with Crippen molar-refractivity contribution in [3.05, 3.63) is 98.4 Å². The molecular formula is C26H25Br2N3O3. The highest BCUT2D eigenvalue weighted by molar-refractivity contribution is 9.10. The second kappa shape index (κ2) is 12.5. The third-order valence-corrected chi connectivity index (χ3v) is 6.07. The van der Waals surface area contributed by atoms with Crippen LogP contribution >= 0.6 is 31.9 Å². The standard InChI is InChI=1S/C26H25Br2N3O3/c1-17(2)24(30-25(32)20-6-4-3-5-7-20)26(33)31-29-15-19-10-13-23(22(28)14-19)34-16-18-8-11-21(27)12-9-18/h3-15,17,24H,16H2,1-2H3,(H,30,32)(H,31,33). The van der Waals surface area contributed by atoms with E-state index in [0.29, 0.717) is 17.9 Å². The molecule has 0 saturated carbocycles. The number of nitrogens with one attached hydrogen (secondary N) is 2. The third-order valence-electron chi connectivity index (χ3n) is 4.92. The van der Waals surface area contributed by atoms with Crippen molar-refractivity contribution >= 4 is 49.9 Å². The summed E-state index contributed by atoms with van der Waals surface area (Å²) < 4.78 is 7.67. The molecule has 0 aliphatic carbocycles. The number of amides is 2. The van der Waals surface area contributed by atoms with Crippen LogP contribution in [0.25, 0.3) is 0 Å². The van der Waals surface area contributed by atoms with Crippen LogP contribution in [0, 0.1) is 5.92 Å². The molecule has 6 nitrogen and oxygen atoms in total. The van der Waals surface area contributed by atoms with Gasteiger partial charge in [-0.3, -0.25) is 9.59 Å². The van der Waals surface area contributed by atoms with Gasteiger partial charge in [0.2, 0.25) is 0 Å². The first-order valence-corrected chi connectivity index (χ1v) is 12.3. The van der Waals surface area contributed by atoms with E-state index in [0.717, 1.165) is 20.1 Å². The van der Waals surface area contributed by atoms with Crippen LogP contribution in [0.3, 0.4) is 0 Å². The Bertz CT molecular complexity index is 1150. The van der Waals surface area contributed by atoms with E-state index in [4.69, 9.17) is 4.74 Å². The van der Waals surface area contributed by atoms with Crippen LogP contribution in [0.15, 0.2) is 86.8 Å². The first-order chi connectivity index (χ1) is 16.3. The molecule has 3 aromatic carbocycles. The molecule has 0 heterocycles. The van der Waals surface area contributed by atoms with Gasteiger partial charge in [-0.05, 0) is 75.4 Å². The zero-order valence-electron chi connectivity index (χ0n) is 18.8. The molecule has 8 heteroatoms. The molecule has 0 aromatic heterocycles. The van der Waals surface area contributed by atoms with Crippen molar-refractivity contribution < 1.29 is 14.3 Å². The molecule has 34 heavy (non-hydrogen) atoms. The lowest BCUT2D eigenvalue weighted by Crippen LogP contribution is -2.48. The van der Waals surface area contributed by atoms with E-state index in [1.54, 1.807) is 24.3 Å². The van der Waals surface area contributed by atoms with Crippen molar-refractivity contribution in [2.45, 2.75) is 26.5 Å². The lowest BCUT2D eigenvalue weighted by atomic mass is 10.0. The molecule has 2 amide bonds. The van der Waals surface area contributed by atoms with Crippen LogP contribution in [0.1, 0.15) is 35.3 Å². The molecule has 1 unspecified atom stereocenters. The van der Waals surface area contributed by atoms with Crippen molar-refractivity contribution in [3.63, 3.8) is 0 Å². The van der Waals surface area contributed by atoms with Crippen molar-refractivity contribution in [2.24, 2.45) is 11.0 Å². The highest BCUT2D eigenvalue weighted by Crippen LogP contribution is 2.26. The fourth-order valence-electron chi connectivity index (χ4n) is 3.05. The SMILES string of the molecule is CC(C)C(NC(=O)c1ccccc1)C(=O)NN=Cc1ccc(OCc2ccc(Br)cc2)c(Br)c1. The Morgan fingerprint density at radius 1 is 1.00 bits per heavy atom. The third kappa shape index (κ3) is 7.53. The summed E-state index contributed by atoms with van der Waals surface area (Å²) in [5.74, 6) is -0.100. The molecule has 0 spiro atoms. The largest absolute Gasteiger partial charge is 0.488 e. The number of nitrogens with zero attached hydrogens (tertiary/aromatic N) is 1. The molecule has 1 atom stereocenters. The number of hydrazone groups is 1. The Morgan fingerprint density at radius 2 is 1.71 bits per heavy atom. The fourth-order valence-corrected chi connectivity index (χ4v) is 3.82. The molecule has 3 aromatic rings. The maximum atomic E-state index is 12.6. The summed E-state index contributed by atoms with van der Waals surface area (Å²) in [5, 5.41) is 6.83. The smallest absolute Gasteiger partial charge is 0.262 e. The predicted octanol–water partition coefficient (Wildman–Crippen LogP) is 5.70. The summed E-state index contributed by atoms with van der Waals surface area (Å²) in [6.45, 7) is 4.17. The summed E-state index contributed by atoms with van der Waals surface area (Å²) in [6.07, 6.45) is 1.54. The molecule has 0 saturated heterocycles. The Hall–Kier alpha value is -2.97. The second-order valence-electron chi connectivity index (χ2n) is 7.90. The van der Waals surface area contributed by atoms with Gasteiger partial charge in [-0.15, -0.1) is 0 Å². The van der Waals surface area contributed by atoms with E-state index in [2.05, 4.69) is 47.7 Å². The Kier molecular flexibility index (Phi) is 9.42. The average Bonchev–Trinajstić information content (AvgIpc) is 2.83. The minimum atomic E-state index is -0.717. The van der Waals surface area contributed by atoms with Crippen LogP contribution in [0.5, 0.6) is 5.75 Å².